The number of nitrogens with zero attached hydrogens (tertiary/aromatic N) is 3. The van der Waals surface area contributed by atoms with Gasteiger partial charge in [-0.05, 0) is 69.2 Å². The second kappa shape index (κ2) is 11.6. The van der Waals surface area contributed by atoms with E-state index in [2.05, 4.69) is 12.1 Å². The quantitative estimate of drug-likeness (QED) is 0.445. The van der Waals surface area contributed by atoms with Crippen molar-refractivity contribution in [2.75, 3.05) is 14.2 Å². The molecule has 1 unspecified atom stereocenters. The first-order chi connectivity index (χ1) is 19.1. The molecule has 2 aromatic carbocycles. The first-order valence-corrected chi connectivity index (χ1v) is 13.4. The molecule has 206 valence electrons. The van der Waals surface area contributed by atoms with Crippen LogP contribution >= 0.6 is 11.3 Å². The van der Waals surface area contributed by atoms with Crippen molar-refractivity contribution in [3.8, 4) is 35.1 Å². The number of hydrogen-bond acceptors (Lipinski definition) is 9. The Balaban J connectivity index is 1.92. The summed E-state index contributed by atoms with van der Waals surface area (Å²) in [5.41, 5.74) is 7.67. The Morgan fingerprint density at radius 1 is 0.900 bits per heavy atom. The minimum atomic E-state index is -0.782. The summed E-state index contributed by atoms with van der Waals surface area (Å²) in [7, 11) is 3.07. The molecule has 0 saturated heterocycles. The monoisotopic (exact) mass is 558 g/mol. The van der Waals surface area contributed by atoms with E-state index in [-0.39, 0.29) is 29.2 Å². The Bertz CT molecular complexity index is 1750. The molecule has 0 fully saturated rings. The molecule has 0 bridgehead atoms. The zero-order valence-electron chi connectivity index (χ0n) is 23.1. The summed E-state index contributed by atoms with van der Waals surface area (Å²) in [5, 5.41) is 20.4. The van der Waals surface area contributed by atoms with Crippen LogP contribution < -0.4 is 39.4 Å². The minimum Gasteiger partial charge on any atom is -0.493 e. The number of allylic oxidation sites excluding steroid dienone is 1. The van der Waals surface area contributed by atoms with Crippen molar-refractivity contribution < 1.29 is 18.9 Å². The molecule has 4 rings (SSSR count). The number of fused-ring (bicyclic) bond motifs is 1. The summed E-state index contributed by atoms with van der Waals surface area (Å²) in [4.78, 5) is 13.5. The van der Waals surface area contributed by atoms with Crippen molar-refractivity contribution in [2.24, 2.45) is 5.73 Å². The van der Waals surface area contributed by atoms with Crippen molar-refractivity contribution in [1.29, 1.82) is 10.5 Å². The number of benzene rings is 2. The lowest BCUT2D eigenvalue weighted by atomic mass is 9.84. The number of thiazole rings is 1. The highest BCUT2D eigenvalue weighted by atomic mass is 32.1. The van der Waals surface area contributed by atoms with Gasteiger partial charge in [0.1, 0.15) is 10.5 Å². The number of rotatable bonds is 8. The lowest BCUT2D eigenvalue weighted by Gasteiger charge is -2.23. The third-order valence-corrected chi connectivity index (χ3v) is 7.23. The first-order valence-electron chi connectivity index (χ1n) is 12.6. The lowest BCUT2D eigenvalue weighted by Crippen LogP contribution is -2.38. The van der Waals surface area contributed by atoms with Gasteiger partial charge in [-0.3, -0.25) is 9.36 Å². The predicted molar refractivity (Wildman–Crippen MR) is 154 cm³/mol. The average Bonchev–Trinajstić information content (AvgIpc) is 3.24. The van der Waals surface area contributed by atoms with Crippen molar-refractivity contribution in [3.63, 3.8) is 0 Å². The van der Waals surface area contributed by atoms with Crippen LogP contribution in [-0.4, -0.2) is 31.0 Å². The number of nitrogens with two attached hydrogens (primary N) is 1. The minimum absolute atomic E-state index is 0.0119. The van der Waals surface area contributed by atoms with Crippen molar-refractivity contribution in [2.45, 2.75) is 45.8 Å². The molecule has 40 heavy (non-hydrogen) atoms. The van der Waals surface area contributed by atoms with Crippen LogP contribution in [0, 0.1) is 22.7 Å². The molecule has 1 aromatic heterocycles. The fourth-order valence-corrected chi connectivity index (χ4v) is 5.60. The van der Waals surface area contributed by atoms with Gasteiger partial charge in [-0.25, -0.2) is 0 Å². The van der Waals surface area contributed by atoms with E-state index < -0.39 is 11.5 Å². The van der Waals surface area contributed by atoms with E-state index >= 15 is 0 Å². The Labute approximate surface area is 236 Å². The average molecular weight is 559 g/mol. The van der Waals surface area contributed by atoms with Crippen LogP contribution in [0.2, 0.25) is 0 Å². The molecule has 10 heteroatoms. The van der Waals surface area contributed by atoms with E-state index in [4.69, 9.17) is 24.7 Å². The van der Waals surface area contributed by atoms with Gasteiger partial charge in [-0.2, -0.15) is 10.5 Å². The SMILES string of the molecule is COc1cc(/C=c2\sc3n(c2=O)C(N)=C(C#N)C(c2ccc(OC(C)C)c(OC)c2)C=3C#N)ccc1OC(C)C. The van der Waals surface area contributed by atoms with Gasteiger partial charge in [0.2, 0.25) is 0 Å². The topological polar surface area (TPSA) is 133 Å². The molecular weight excluding hydrogens is 528 g/mol. The fraction of sp³-hybridized carbons (Fsp3) is 0.300. The maximum Gasteiger partial charge on any atom is 0.274 e. The Hall–Kier alpha value is -4.67. The van der Waals surface area contributed by atoms with Crippen LogP contribution in [0.3, 0.4) is 0 Å². The van der Waals surface area contributed by atoms with Crippen LogP contribution in [0.5, 0.6) is 23.0 Å². The number of methoxy groups -OCH3 is 2. The normalized spacial score (nSPS) is 15.1. The van der Waals surface area contributed by atoms with Gasteiger partial charge < -0.3 is 24.7 Å². The third-order valence-electron chi connectivity index (χ3n) is 6.12. The highest BCUT2D eigenvalue weighted by Gasteiger charge is 2.32. The Morgan fingerprint density at radius 3 is 2.02 bits per heavy atom. The molecule has 0 radical (unpaired) electrons. The van der Waals surface area contributed by atoms with E-state index in [1.165, 1.54) is 11.7 Å². The van der Waals surface area contributed by atoms with E-state index in [1.54, 1.807) is 43.5 Å². The zero-order valence-corrected chi connectivity index (χ0v) is 24.0. The van der Waals surface area contributed by atoms with E-state index in [1.807, 2.05) is 33.8 Å². The van der Waals surface area contributed by atoms with Crippen molar-refractivity contribution >= 4 is 28.8 Å². The second-order valence-corrected chi connectivity index (χ2v) is 10.6. The maximum atomic E-state index is 13.5. The standard InChI is InChI=1S/C30H30N4O5S/c1-16(2)38-22-9-7-18(11-24(22)36-5)12-26-29(35)34-28(33)20(14-31)27(21(15-32)30(34)40-26)19-8-10-23(39-17(3)4)25(13-19)37-6/h7-13,16-17,27H,33H2,1-6H3/b26-12-. The molecule has 1 aliphatic rings. The summed E-state index contributed by atoms with van der Waals surface area (Å²) in [6, 6.07) is 15.0. The molecule has 1 aliphatic heterocycles. The molecule has 0 saturated carbocycles. The van der Waals surface area contributed by atoms with Crippen LogP contribution in [0.4, 0.5) is 0 Å². The highest BCUT2D eigenvalue weighted by Crippen LogP contribution is 2.39. The highest BCUT2D eigenvalue weighted by molar-refractivity contribution is 7.07. The molecule has 0 spiro atoms. The third kappa shape index (κ3) is 5.27. The van der Waals surface area contributed by atoms with Crippen molar-refractivity contribution in [3.05, 3.63) is 72.6 Å². The van der Waals surface area contributed by atoms with Crippen LogP contribution in [0.15, 0.2) is 46.8 Å². The number of nitriles is 2. The lowest BCUT2D eigenvalue weighted by molar-refractivity contribution is 0.230. The zero-order chi connectivity index (χ0) is 29.1. The van der Waals surface area contributed by atoms with Gasteiger partial charge in [0.15, 0.2) is 23.0 Å². The summed E-state index contributed by atoms with van der Waals surface area (Å²) in [6.45, 7) is 7.65. The molecule has 2 N–H and O–H groups in total. The van der Waals surface area contributed by atoms with Crippen LogP contribution in [-0.2, 0) is 0 Å². The molecule has 1 atom stereocenters. The first kappa shape index (κ1) is 28.3. The van der Waals surface area contributed by atoms with Gasteiger partial charge in [0, 0.05) is 0 Å². The molecule has 2 heterocycles. The molecule has 3 aromatic rings. The van der Waals surface area contributed by atoms with E-state index in [0.717, 1.165) is 11.3 Å². The smallest absolute Gasteiger partial charge is 0.274 e. The van der Waals surface area contributed by atoms with Gasteiger partial charge in [-0.15, -0.1) is 11.3 Å². The van der Waals surface area contributed by atoms with E-state index in [9.17, 15) is 15.3 Å². The largest absolute Gasteiger partial charge is 0.493 e. The summed E-state index contributed by atoms with van der Waals surface area (Å²) in [5.74, 6) is 1.32. The van der Waals surface area contributed by atoms with Crippen LogP contribution in [0.1, 0.15) is 44.7 Å². The molecular formula is C30H30N4O5S. The maximum absolute atomic E-state index is 13.5. The number of hydrogen-bond donors (Lipinski definition) is 1. The molecule has 9 nitrogen and oxygen atoms in total. The molecule has 0 amide bonds. The van der Waals surface area contributed by atoms with Gasteiger partial charge in [0.25, 0.3) is 5.56 Å². The Kier molecular flexibility index (Phi) is 8.22. The van der Waals surface area contributed by atoms with Gasteiger partial charge in [-0.1, -0.05) is 12.1 Å². The molecule has 0 aliphatic carbocycles. The van der Waals surface area contributed by atoms with Crippen LogP contribution in [0.25, 0.3) is 17.5 Å². The predicted octanol–water partition coefficient (Wildman–Crippen LogP) is 3.45. The summed E-state index contributed by atoms with van der Waals surface area (Å²) >= 11 is 1.14. The summed E-state index contributed by atoms with van der Waals surface area (Å²) < 4.78 is 24.6. The van der Waals surface area contributed by atoms with Crippen molar-refractivity contribution in [1.82, 2.24) is 4.57 Å². The number of ether oxygens (including phenoxy) is 4. The van der Waals surface area contributed by atoms with E-state index in [0.29, 0.717) is 43.3 Å². The Morgan fingerprint density at radius 2 is 1.48 bits per heavy atom. The summed E-state index contributed by atoms with van der Waals surface area (Å²) in [6.07, 6.45) is 1.59. The van der Waals surface area contributed by atoms with Gasteiger partial charge >= 0.3 is 0 Å². The van der Waals surface area contributed by atoms with Gasteiger partial charge in [0.05, 0.1) is 60.2 Å². The number of aromatic nitrogens is 1. The fourth-order valence-electron chi connectivity index (χ4n) is 4.48. The second-order valence-electron chi connectivity index (χ2n) is 9.58.